The van der Waals surface area contributed by atoms with Crippen LogP contribution in [0.15, 0.2) is 77.9 Å². The molecule has 1 heterocycles. The molecule has 0 N–H and O–H groups in total. The molecule has 0 aliphatic carbocycles. The number of methoxy groups -OCH3 is 3. The zero-order chi connectivity index (χ0) is 22.5. The van der Waals surface area contributed by atoms with Gasteiger partial charge in [-0.3, -0.25) is 5.01 Å². The fraction of sp³-hybridized carbons (Fsp3) is 0.231. The molecule has 1 aliphatic rings. The van der Waals surface area contributed by atoms with Crippen LogP contribution in [0.2, 0.25) is 0 Å². The van der Waals surface area contributed by atoms with Crippen molar-refractivity contribution in [1.82, 2.24) is 5.01 Å². The molecule has 3 aromatic carbocycles. The number of nitriles is 1. The molecule has 0 bridgehead atoms. The quantitative estimate of drug-likeness (QED) is 0.523. The molecule has 3 aromatic rings. The first-order valence-electron chi connectivity index (χ1n) is 10.3. The lowest BCUT2D eigenvalue weighted by atomic mass is 9.96. The van der Waals surface area contributed by atoms with E-state index in [-0.39, 0.29) is 6.04 Å². The van der Waals surface area contributed by atoms with Crippen molar-refractivity contribution in [2.24, 2.45) is 5.10 Å². The Bertz CT molecular complexity index is 1140. The van der Waals surface area contributed by atoms with Crippen molar-refractivity contribution in [3.8, 4) is 23.3 Å². The van der Waals surface area contributed by atoms with Crippen molar-refractivity contribution < 1.29 is 14.2 Å². The Morgan fingerprint density at radius 1 is 0.906 bits per heavy atom. The Balaban J connectivity index is 1.75. The lowest BCUT2D eigenvalue weighted by molar-refractivity contribution is 0.196. The molecule has 0 unspecified atom stereocenters. The van der Waals surface area contributed by atoms with Gasteiger partial charge in [0, 0.05) is 6.42 Å². The lowest BCUT2D eigenvalue weighted by Crippen LogP contribution is -2.24. The number of hydrazone groups is 1. The summed E-state index contributed by atoms with van der Waals surface area (Å²) in [5.74, 6) is 2.00. The first-order valence-corrected chi connectivity index (χ1v) is 10.3. The Morgan fingerprint density at radius 3 is 2.25 bits per heavy atom. The molecule has 4 rings (SSSR count). The molecule has 2 atom stereocenters. The van der Waals surface area contributed by atoms with E-state index < -0.39 is 6.04 Å². The number of nitrogens with zero attached hydrogens (tertiary/aromatic N) is 3. The minimum absolute atomic E-state index is 0.0638. The van der Waals surface area contributed by atoms with E-state index in [1.807, 2.05) is 65.7 Å². The van der Waals surface area contributed by atoms with Crippen molar-refractivity contribution in [2.45, 2.75) is 18.5 Å². The second kappa shape index (κ2) is 9.44. The zero-order valence-electron chi connectivity index (χ0n) is 18.4. The van der Waals surface area contributed by atoms with Gasteiger partial charge in [-0.1, -0.05) is 36.4 Å². The number of hydrogen-bond donors (Lipinski definition) is 0. The maximum Gasteiger partial charge on any atom is 0.161 e. The summed E-state index contributed by atoms with van der Waals surface area (Å²) in [5, 5.41) is 17.0. The Hall–Kier alpha value is -3.98. The van der Waals surface area contributed by atoms with Crippen LogP contribution in [0.3, 0.4) is 0 Å². The second-order valence-electron chi connectivity index (χ2n) is 7.43. The van der Waals surface area contributed by atoms with E-state index in [2.05, 4.69) is 18.2 Å². The van der Waals surface area contributed by atoms with Crippen LogP contribution in [0, 0.1) is 11.3 Å². The molecule has 1 aliphatic heterocycles. The van der Waals surface area contributed by atoms with Crippen molar-refractivity contribution in [3.05, 3.63) is 89.5 Å². The van der Waals surface area contributed by atoms with Gasteiger partial charge in [-0.05, 0) is 53.1 Å². The maximum absolute atomic E-state index is 10.2. The predicted molar refractivity (Wildman–Crippen MR) is 123 cm³/mol. The summed E-state index contributed by atoms with van der Waals surface area (Å²) >= 11 is 0. The monoisotopic (exact) mass is 427 g/mol. The van der Waals surface area contributed by atoms with Gasteiger partial charge in [0.15, 0.2) is 17.5 Å². The van der Waals surface area contributed by atoms with Crippen LogP contribution in [-0.4, -0.2) is 32.0 Å². The van der Waals surface area contributed by atoms with Gasteiger partial charge < -0.3 is 14.2 Å². The molecule has 0 saturated carbocycles. The van der Waals surface area contributed by atoms with Gasteiger partial charge in [-0.15, -0.1) is 0 Å². The number of rotatable bonds is 7. The van der Waals surface area contributed by atoms with Gasteiger partial charge in [-0.2, -0.15) is 10.4 Å². The molecule has 6 nitrogen and oxygen atoms in total. The zero-order valence-corrected chi connectivity index (χ0v) is 18.4. The summed E-state index contributed by atoms with van der Waals surface area (Å²) in [6, 6.07) is 25.4. The first kappa shape index (κ1) is 21.3. The molecule has 0 radical (unpaired) electrons. The standard InChI is InChI=1S/C26H25N3O3/c1-30-21-12-9-18(10-13-21)22-16-23(19-7-5-4-6-8-19)29(28-22)24(17-27)20-11-14-25(31-2)26(15-20)32-3/h4-15,23-24H,16H2,1-3H3/t23-,24-/m0/s1. The van der Waals surface area contributed by atoms with Crippen molar-refractivity contribution in [2.75, 3.05) is 21.3 Å². The molecule has 0 spiro atoms. The van der Waals surface area contributed by atoms with E-state index in [1.165, 1.54) is 0 Å². The third-order valence-electron chi connectivity index (χ3n) is 5.66. The summed E-state index contributed by atoms with van der Waals surface area (Å²) in [6.45, 7) is 0. The fourth-order valence-electron chi connectivity index (χ4n) is 3.98. The molecule has 0 aromatic heterocycles. The van der Waals surface area contributed by atoms with Crippen LogP contribution in [0.4, 0.5) is 0 Å². The molecular formula is C26H25N3O3. The average Bonchev–Trinajstić information content (AvgIpc) is 3.30. The van der Waals surface area contributed by atoms with Gasteiger partial charge in [-0.25, -0.2) is 0 Å². The fourth-order valence-corrected chi connectivity index (χ4v) is 3.98. The van der Waals surface area contributed by atoms with Gasteiger partial charge >= 0.3 is 0 Å². The molecule has 32 heavy (non-hydrogen) atoms. The highest BCUT2D eigenvalue weighted by molar-refractivity contribution is 6.02. The largest absolute Gasteiger partial charge is 0.497 e. The minimum atomic E-state index is -0.587. The van der Waals surface area contributed by atoms with E-state index in [4.69, 9.17) is 19.3 Å². The lowest BCUT2D eigenvalue weighted by Gasteiger charge is -2.28. The number of benzene rings is 3. The summed E-state index contributed by atoms with van der Waals surface area (Å²) < 4.78 is 16.1. The van der Waals surface area contributed by atoms with Gasteiger partial charge in [0.1, 0.15) is 5.75 Å². The molecule has 0 saturated heterocycles. The van der Waals surface area contributed by atoms with Crippen molar-refractivity contribution in [1.29, 1.82) is 5.26 Å². The van der Waals surface area contributed by atoms with E-state index in [0.29, 0.717) is 17.9 Å². The number of ether oxygens (including phenoxy) is 3. The van der Waals surface area contributed by atoms with E-state index in [1.54, 1.807) is 21.3 Å². The third kappa shape index (κ3) is 4.10. The van der Waals surface area contributed by atoms with Gasteiger partial charge in [0.2, 0.25) is 0 Å². The summed E-state index contributed by atoms with van der Waals surface area (Å²) in [5.41, 5.74) is 3.85. The highest BCUT2D eigenvalue weighted by Gasteiger charge is 2.35. The second-order valence-corrected chi connectivity index (χ2v) is 7.43. The van der Waals surface area contributed by atoms with Gasteiger partial charge in [0.25, 0.3) is 0 Å². The van der Waals surface area contributed by atoms with Crippen LogP contribution in [-0.2, 0) is 0 Å². The predicted octanol–water partition coefficient (Wildman–Crippen LogP) is 5.13. The highest BCUT2D eigenvalue weighted by Crippen LogP contribution is 2.40. The van der Waals surface area contributed by atoms with E-state index >= 15 is 0 Å². The topological polar surface area (TPSA) is 67.1 Å². The minimum Gasteiger partial charge on any atom is -0.497 e. The first-order chi connectivity index (χ1) is 15.7. The van der Waals surface area contributed by atoms with Crippen LogP contribution < -0.4 is 14.2 Å². The SMILES string of the molecule is COc1ccc(C2=NN([C@@H](C#N)c3ccc(OC)c(OC)c3)[C@H](c3ccccc3)C2)cc1. The average molecular weight is 428 g/mol. The normalized spacial score (nSPS) is 16.1. The summed E-state index contributed by atoms with van der Waals surface area (Å²) in [6.07, 6.45) is 0.696. The van der Waals surface area contributed by atoms with Crippen LogP contribution in [0.25, 0.3) is 0 Å². The van der Waals surface area contributed by atoms with Crippen molar-refractivity contribution in [3.63, 3.8) is 0 Å². The van der Waals surface area contributed by atoms with Gasteiger partial charge in [0.05, 0.1) is 39.2 Å². The Labute approximate surface area is 188 Å². The molecule has 6 heteroatoms. The molecule has 0 amide bonds. The third-order valence-corrected chi connectivity index (χ3v) is 5.66. The summed E-state index contributed by atoms with van der Waals surface area (Å²) in [4.78, 5) is 0. The van der Waals surface area contributed by atoms with Crippen LogP contribution >= 0.6 is 0 Å². The molecule has 162 valence electrons. The highest BCUT2D eigenvalue weighted by atomic mass is 16.5. The van der Waals surface area contributed by atoms with Crippen LogP contribution in [0.5, 0.6) is 17.2 Å². The molecule has 0 fully saturated rings. The Morgan fingerprint density at radius 2 is 1.62 bits per heavy atom. The maximum atomic E-state index is 10.2. The van der Waals surface area contributed by atoms with Crippen molar-refractivity contribution >= 4 is 5.71 Å². The van der Waals surface area contributed by atoms with Crippen LogP contribution in [0.1, 0.15) is 35.2 Å². The number of hydrogen-bond acceptors (Lipinski definition) is 6. The Kier molecular flexibility index (Phi) is 6.27. The smallest absolute Gasteiger partial charge is 0.161 e. The summed E-state index contributed by atoms with van der Waals surface area (Å²) in [7, 11) is 4.83. The molecular weight excluding hydrogens is 402 g/mol. The van der Waals surface area contributed by atoms with E-state index in [0.717, 1.165) is 28.2 Å². The van der Waals surface area contributed by atoms with E-state index in [9.17, 15) is 5.26 Å².